The molecule has 3 aliphatic carbocycles. The third-order valence-electron chi connectivity index (χ3n) is 8.11. The van der Waals surface area contributed by atoms with Crippen molar-refractivity contribution in [3.05, 3.63) is 99.5 Å². The van der Waals surface area contributed by atoms with Crippen molar-refractivity contribution in [3.63, 3.8) is 0 Å². The topological polar surface area (TPSA) is 92.8 Å². The van der Waals surface area contributed by atoms with Crippen molar-refractivity contribution < 1.29 is 23.9 Å². The predicted molar refractivity (Wildman–Crippen MR) is 148 cm³/mol. The van der Waals surface area contributed by atoms with Gasteiger partial charge in [-0.05, 0) is 52.4 Å². The van der Waals surface area contributed by atoms with Crippen LogP contribution in [-0.2, 0) is 23.9 Å². The first kappa shape index (κ1) is 25.5. The van der Waals surface area contributed by atoms with Crippen LogP contribution in [0, 0.1) is 17.8 Å². The molecule has 3 aromatic rings. The first-order chi connectivity index (χ1) is 18.8. The second-order valence-electron chi connectivity index (χ2n) is 10.7. The van der Waals surface area contributed by atoms with Gasteiger partial charge >= 0.3 is 5.97 Å². The highest BCUT2D eigenvalue weighted by atomic mass is 79.9. The molecule has 0 spiro atoms. The summed E-state index contributed by atoms with van der Waals surface area (Å²) in [6.07, 6.45) is 0. The summed E-state index contributed by atoms with van der Waals surface area (Å²) >= 11 is 3.34. The Morgan fingerprint density at radius 3 is 1.72 bits per heavy atom. The maximum atomic E-state index is 14.0. The number of anilines is 1. The Bertz CT molecular complexity index is 1390. The van der Waals surface area contributed by atoms with E-state index in [1.54, 1.807) is 38.1 Å². The lowest BCUT2D eigenvalue weighted by atomic mass is 9.55. The molecule has 3 amide bonds. The molecule has 4 aliphatic rings. The van der Waals surface area contributed by atoms with Gasteiger partial charge in [0.1, 0.15) is 6.04 Å². The highest BCUT2D eigenvalue weighted by molar-refractivity contribution is 9.10. The van der Waals surface area contributed by atoms with Crippen molar-refractivity contribution in [1.82, 2.24) is 4.90 Å². The average Bonchev–Trinajstić information content (AvgIpc) is 3.19. The fourth-order valence-electron chi connectivity index (χ4n) is 6.60. The van der Waals surface area contributed by atoms with Crippen LogP contribution >= 0.6 is 15.9 Å². The molecule has 0 saturated carbocycles. The molecule has 198 valence electrons. The van der Waals surface area contributed by atoms with Gasteiger partial charge in [0.15, 0.2) is 6.61 Å². The molecule has 2 bridgehead atoms. The second-order valence-corrected chi connectivity index (χ2v) is 11.6. The van der Waals surface area contributed by atoms with Crippen LogP contribution in [0.25, 0.3) is 0 Å². The molecule has 7 nitrogen and oxygen atoms in total. The van der Waals surface area contributed by atoms with Gasteiger partial charge in [0.2, 0.25) is 11.8 Å². The van der Waals surface area contributed by atoms with E-state index in [4.69, 9.17) is 4.74 Å². The van der Waals surface area contributed by atoms with E-state index in [2.05, 4.69) is 21.2 Å². The Balaban J connectivity index is 1.26. The molecule has 1 fully saturated rings. The van der Waals surface area contributed by atoms with Crippen molar-refractivity contribution >= 4 is 45.3 Å². The number of ether oxygens (including phenoxy) is 1. The van der Waals surface area contributed by atoms with E-state index in [1.807, 2.05) is 48.5 Å². The standard InChI is InChI=1S/C31H27BrN2O5/c1-16(2)28(31(38)39-15-23(35)33-18-13-11-17(32)12-14-18)34-29(36)26-24-19-7-3-4-8-20(19)25(27(26)30(34)37)22-10-6-5-9-21(22)24/h3-14,16,24-28H,15H2,1-2H3,(H,33,35)/t24?,25?,26-,27+,28-/m0/s1. The van der Waals surface area contributed by atoms with E-state index < -0.39 is 42.3 Å². The molecule has 7 rings (SSSR count). The monoisotopic (exact) mass is 586 g/mol. The van der Waals surface area contributed by atoms with E-state index in [1.165, 1.54) is 0 Å². The number of hydrogen-bond acceptors (Lipinski definition) is 5. The number of amides is 3. The molecule has 3 atom stereocenters. The largest absolute Gasteiger partial charge is 0.454 e. The fourth-order valence-corrected chi connectivity index (χ4v) is 6.87. The van der Waals surface area contributed by atoms with Crippen molar-refractivity contribution in [2.24, 2.45) is 17.8 Å². The Labute approximate surface area is 234 Å². The summed E-state index contributed by atoms with van der Waals surface area (Å²) in [5.41, 5.74) is 4.83. The summed E-state index contributed by atoms with van der Waals surface area (Å²) < 4.78 is 6.24. The van der Waals surface area contributed by atoms with E-state index in [0.717, 1.165) is 31.6 Å². The lowest BCUT2D eigenvalue weighted by Gasteiger charge is -2.45. The van der Waals surface area contributed by atoms with Crippen LogP contribution in [0.4, 0.5) is 5.69 Å². The summed E-state index contributed by atoms with van der Waals surface area (Å²) in [4.78, 5) is 55.0. The van der Waals surface area contributed by atoms with Crippen LogP contribution in [0.15, 0.2) is 77.3 Å². The third kappa shape index (κ3) is 4.09. The first-order valence-corrected chi connectivity index (χ1v) is 13.8. The minimum absolute atomic E-state index is 0.255. The molecule has 1 saturated heterocycles. The van der Waals surface area contributed by atoms with Gasteiger partial charge in [-0.3, -0.25) is 19.3 Å². The predicted octanol–water partition coefficient (Wildman–Crippen LogP) is 4.85. The maximum Gasteiger partial charge on any atom is 0.330 e. The molecule has 1 heterocycles. The molecule has 1 N–H and O–H groups in total. The number of benzene rings is 3. The fraction of sp³-hybridized carbons (Fsp3) is 0.290. The molecule has 0 aromatic heterocycles. The van der Waals surface area contributed by atoms with Crippen molar-refractivity contribution in [1.29, 1.82) is 0 Å². The van der Waals surface area contributed by atoms with Gasteiger partial charge in [-0.1, -0.05) is 78.3 Å². The summed E-state index contributed by atoms with van der Waals surface area (Å²) in [7, 11) is 0. The van der Waals surface area contributed by atoms with Gasteiger partial charge in [-0.15, -0.1) is 0 Å². The van der Waals surface area contributed by atoms with Crippen LogP contribution in [0.2, 0.25) is 0 Å². The van der Waals surface area contributed by atoms with Gasteiger partial charge in [0, 0.05) is 22.0 Å². The Hall–Kier alpha value is -3.78. The first-order valence-electron chi connectivity index (χ1n) is 13.0. The number of likely N-dealkylation sites (tertiary alicyclic amines) is 1. The van der Waals surface area contributed by atoms with Crippen LogP contribution in [-0.4, -0.2) is 41.2 Å². The quantitative estimate of drug-likeness (QED) is 0.329. The van der Waals surface area contributed by atoms with Crippen molar-refractivity contribution in [2.75, 3.05) is 11.9 Å². The minimum Gasteiger partial charge on any atom is -0.454 e. The van der Waals surface area contributed by atoms with Crippen molar-refractivity contribution in [3.8, 4) is 0 Å². The lowest BCUT2D eigenvalue weighted by Crippen LogP contribution is -2.49. The van der Waals surface area contributed by atoms with Gasteiger partial charge in [-0.2, -0.15) is 0 Å². The Morgan fingerprint density at radius 2 is 1.28 bits per heavy atom. The van der Waals surface area contributed by atoms with Crippen LogP contribution in [0.1, 0.15) is 47.9 Å². The minimum atomic E-state index is -1.12. The molecule has 0 unspecified atom stereocenters. The zero-order valence-electron chi connectivity index (χ0n) is 21.5. The summed E-state index contributed by atoms with van der Waals surface area (Å²) in [6.45, 7) is 3.02. The number of carbonyl (C=O) groups excluding carboxylic acids is 4. The summed E-state index contributed by atoms with van der Waals surface area (Å²) in [6, 6.07) is 21.9. The number of nitrogens with zero attached hydrogens (tertiary/aromatic N) is 1. The Kier molecular flexibility index (Phi) is 6.38. The van der Waals surface area contributed by atoms with Crippen LogP contribution in [0.5, 0.6) is 0 Å². The van der Waals surface area contributed by atoms with Gasteiger partial charge in [0.25, 0.3) is 5.91 Å². The highest BCUT2D eigenvalue weighted by Crippen LogP contribution is 2.61. The number of imide groups is 1. The normalized spacial score (nSPS) is 23.2. The molecule has 3 aromatic carbocycles. The molecule has 1 aliphatic heterocycles. The van der Waals surface area contributed by atoms with E-state index >= 15 is 0 Å². The number of hydrogen-bond donors (Lipinski definition) is 1. The number of rotatable bonds is 6. The molecule has 0 radical (unpaired) electrons. The molecule has 39 heavy (non-hydrogen) atoms. The number of halogens is 1. The number of carbonyl (C=O) groups is 4. The Morgan fingerprint density at radius 1 is 0.821 bits per heavy atom. The van der Waals surface area contributed by atoms with E-state index in [9.17, 15) is 19.2 Å². The third-order valence-corrected chi connectivity index (χ3v) is 8.64. The van der Waals surface area contributed by atoms with E-state index in [-0.39, 0.29) is 23.7 Å². The van der Waals surface area contributed by atoms with Crippen molar-refractivity contribution in [2.45, 2.75) is 31.7 Å². The smallest absolute Gasteiger partial charge is 0.330 e. The summed E-state index contributed by atoms with van der Waals surface area (Å²) in [5, 5.41) is 2.68. The van der Waals surface area contributed by atoms with E-state index in [0.29, 0.717) is 5.69 Å². The average molecular weight is 587 g/mol. The molecular weight excluding hydrogens is 560 g/mol. The summed E-state index contributed by atoms with van der Waals surface area (Å²) in [5.74, 6) is -4.04. The maximum absolute atomic E-state index is 14.0. The zero-order valence-corrected chi connectivity index (χ0v) is 23.1. The van der Waals surface area contributed by atoms with Crippen LogP contribution in [0.3, 0.4) is 0 Å². The second kappa shape index (κ2) is 9.75. The van der Waals surface area contributed by atoms with Gasteiger partial charge in [-0.25, -0.2) is 4.79 Å². The highest BCUT2D eigenvalue weighted by Gasteiger charge is 2.63. The molecular formula is C31H27BrN2O5. The number of esters is 1. The van der Waals surface area contributed by atoms with Gasteiger partial charge in [0.05, 0.1) is 11.8 Å². The van der Waals surface area contributed by atoms with Gasteiger partial charge < -0.3 is 10.1 Å². The van der Waals surface area contributed by atoms with Crippen LogP contribution < -0.4 is 5.32 Å². The number of nitrogens with one attached hydrogen (secondary N) is 1. The lowest BCUT2D eigenvalue weighted by molar-refractivity contribution is -0.162. The SMILES string of the molecule is CC(C)[C@@H](C(=O)OCC(=O)Nc1ccc(Br)cc1)N1C(=O)[C@@H]2C3c4ccccc4C(c4ccccc43)[C@@H]2C1=O. The molecule has 8 heteroatoms. The zero-order chi connectivity index (χ0) is 27.4.